The largest absolute Gasteiger partial charge is 0.344 e. The van der Waals surface area contributed by atoms with Gasteiger partial charge in [0.05, 0.1) is 4.90 Å². The molecule has 9 heteroatoms. The highest BCUT2D eigenvalue weighted by molar-refractivity contribution is 7.90. The van der Waals surface area contributed by atoms with Gasteiger partial charge in [0, 0.05) is 11.8 Å². The van der Waals surface area contributed by atoms with Crippen molar-refractivity contribution in [2.45, 2.75) is 23.8 Å². The lowest BCUT2D eigenvalue weighted by Crippen LogP contribution is -2.48. The van der Waals surface area contributed by atoms with E-state index in [1.54, 1.807) is 37.3 Å². The maximum atomic E-state index is 13.0. The van der Waals surface area contributed by atoms with Crippen molar-refractivity contribution >= 4 is 27.7 Å². The van der Waals surface area contributed by atoms with Gasteiger partial charge in [-0.3, -0.25) is 15.0 Å². The quantitative estimate of drug-likeness (QED) is 0.739. The SMILES string of the molecule is CCC1(c2ccccc2)NC(=O)N(NC(=O)c2ccc(S(C)(=O)=O)cc2)C1=O. The number of urea groups is 1. The van der Waals surface area contributed by atoms with Crippen LogP contribution >= 0.6 is 0 Å². The van der Waals surface area contributed by atoms with Gasteiger partial charge in [-0.05, 0) is 36.2 Å². The van der Waals surface area contributed by atoms with Crippen molar-refractivity contribution in [2.75, 3.05) is 6.26 Å². The molecule has 3 rings (SSSR count). The summed E-state index contributed by atoms with van der Waals surface area (Å²) in [5.74, 6) is -1.30. The van der Waals surface area contributed by atoms with Crippen LogP contribution in [0.2, 0.25) is 0 Å². The Hall–Kier alpha value is -3.20. The molecule has 1 unspecified atom stereocenters. The van der Waals surface area contributed by atoms with Crippen molar-refractivity contribution in [3.63, 3.8) is 0 Å². The number of hydrazine groups is 1. The number of sulfone groups is 1. The maximum absolute atomic E-state index is 13.0. The van der Waals surface area contributed by atoms with E-state index in [1.807, 2.05) is 0 Å². The normalized spacial score (nSPS) is 19.4. The van der Waals surface area contributed by atoms with Gasteiger partial charge in [0.2, 0.25) is 0 Å². The summed E-state index contributed by atoms with van der Waals surface area (Å²) in [7, 11) is -3.40. The fourth-order valence-electron chi connectivity index (χ4n) is 3.06. The third-order valence-electron chi connectivity index (χ3n) is 4.65. The molecule has 0 saturated carbocycles. The number of imide groups is 1. The molecule has 1 saturated heterocycles. The first-order valence-electron chi connectivity index (χ1n) is 8.52. The lowest BCUT2D eigenvalue weighted by molar-refractivity contribution is -0.133. The smallest absolute Gasteiger partial charge is 0.318 e. The third-order valence-corrected chi connectivity index (χ3v) is 5.77. The van der Waals surface area contributed by atoms with Crippen LogP contribution in [-0.2, 0) is 20.2 Å². The molecule has 0 bridgehead atoms. The fraction of sp³-hybridized carbons (Fsp3) is 0.211. The van der Waals surface area contributed by atoms with Crippen molar-refractivity contribution in [1.29, 1.82) is 0 Å². The molecule has 1 aliphatic heterocycles. The number of hydrogen-bond acceptors (Lipinski definition) is 5. The van der Waals surface area contributed by atoms with Gasteiger partial charge in [-0.25, -0.2) is 13.2 Å². The Kier molecular flexibility index (Phi) is 4.95. The van der Waals surface area contributed by atoms with Crippen LogP contribution in [-0.4, -0.2) is 37.5 Å². The molecule has 0 spiro atoms. The highest BCUT2D eigenvalue weighted by atomic mass is 32.2. The summed E-state index contributed by atoms with van der Waals surface area (Å²) in [6.07, 6.45) is 1.36. The van der Waals surface area contributed by atoms with Gasteiger partial charge in [-0.2, -0.15) is 5.01 Å². The first kappa shape index (κ1) is 19.6. The van der Waals surface area contributed by atoms with Crippen LogP contribution < -0.4 is 10.7 Å². The Morgan fingerprint density at radius 3 is 2.21 bits per heavy atom. The van der Waals surface area contributed by atoms with Crippen molar-refractivity contribution in [3.05, 3.63) is 65.7 Å². The predicted molar refractivity (Wildman–Crippen MR) is 101 cm³/mol. The monoisotopic (exact) mass is 401 g/mol. The number of nitrogens with zero attached hydrogens (tertiary/aromatic N) is 1. The van der Waals surface area contributed by atoms with E-state index in [1.165, 1.54) is 24.3 Å². The van der Waals surface area contributed by atoms with Crippen LogP contribution in [0.15, 0.2) is 59.5 Å². The summed E-state index contributed by atoms with van der Waals surface area (Å²) in [6, 6.07) is 13.3. The fourth-order valence-corrected chi connectivity index (χ4v) is 3.69. The molecule has 146 valence electrons. The molecule has 1 aliphatic rings. The van der Waals surface area contributed by atoms with Gasteiger partial charge in [-0.15, -0.1) is 0 Å². The van der Waals surface area contributed by atoms with Crippen LogP contribution in [0.25, 0.3) is 0 Å². The summed E-state index contributed by atoms with van der Waals surface area (Å²) >= 11 is 0. The van der Waals surface area contributed by atoms with Crippen molar-refractivity contribution in [3.8, 4) is 0 Å². The van der Waals surface area contributed by atoms with E-state index in [9.17, 15) is 22.8 Å². The average molecular weight is 401 g/mol. The summed E-state index contributed by atoms with van der Waals surface area (Å²) < 4.78 is 23.0. The molecule has 0 radical (unpaired) electrons. The lowest BCUT2D eigenvalue weighted by atomic mass is 9.87. The Morgan fingerprint density at radius 1 is 1.07 bits per heavy atom. The van der Waals surface area contributed by atoms with Gasteiger partial charge in [0.25, 0.3) is 11.8 Å². The lowest BCUT2D eigenvalue weighted by Gasteiger charge is -2.25. The van der Waals surface area contributed by atoms with E-state index in [4.69, 9.17) is 0 Å². The average Bonchev–Trinajstić information content (AvgIpc) is 2.93. The zero-order chi connectivity index (χ0) is 20.5. The minimum Gasteiger partial charge on any atom is -0.318 e. The molecule has 28 heavy (non-hydrogen) atoms. The van der Waals surface area contributed by atoms with Gasteiger partial charge in [0.15, 0.2) is 9.84 Å². The summed E-state index contributed by atoms with van der Waals surface area (Å²) in [5, 5.41) is 3.32. The number of rotatable bonds is 5. The van der Waals surface area contributed by atoms with E-state index in [2.05, 4.69) is 10.7 Å². The molecule has 1 heterocycles. The Morgan fingerprint density at radius 2 is 1.68 bits per heavy atom. The Bertz CT molecular complexity index is 1030. The minimum absolute atomic E-state index is 0.0631. The first-order chi connectivity index (χ1) is 13.2. The number of hydrogen-bond donors (Lipinski definition) is 2. The van der Waals surface area contributed by atoms with Crippen LogP contribution in [0.5, 0.6) is 0 Å². The highest BCUT2D eigenvalue weighted by Gasteiger charge is 2.52. The topological polar surface area (TPSA) is 113 Å². The van der Waals surface area contributed by atoms with Crippen LogP contribution in [0, 0.1) is 0 Å². The number of carbonyl (C=O) groups excluding carboxylic acids is 3. The molecule has 2 aromatic rings. The summed E-state index contributed by atoms with van der Waals surface area (Å²) in [6.45, 7) is 1.76. The van der Waals surface area contributed by atoms with Crippen LogP contribution in [0.4, 0.5) is 4.79 Å². The number of benzene rings is 2. The molecule has 4 amide bonds. The van der Waals surface area contributed by atoms with Crippen molar-refractivity contribution < 1.29 is 22.8 Å². The third kappa shape index (κ3) is 3.36. The van der Waals surface area contributed by atoms with E-state index < -0.39 is 33.2 Å². The zero-order valence-electron chi connectivity index (χ0n) is 15.3. The number of amides is 4. The first-order valence-corrected chi connectivity index (χ1v) is 10.4. The molecule has 1 atom stereocenters. The molecule has 8 nitrogen and oxygen atoms in total. The second-order valence-electron chi connectivity index (χ2n) is 6.43. The van der Waals surface area contributed by atoms with Crippen molar-refractivity contribution in [1.82, 2.24) is 15.8 Å². The van der Waals surface area contributed by atoms with E-state index in [0.29, 0.717) is 17.0 Å². The predicted octanol–water partition coefficient (Wildman–Crippen LogP) is 1.59. The Balaban J connectivity index is 1.84. The zero-order valence-corrected chi connectivity index (χ0v) is 16.1. The standard InChI is InChI=1S/C19H19N3O5S/c1-3-19(14-7-5-4-6-8-14)17(24)22(18(25)20-19)21-16(23)13-9-11-15(12-10-13)28(2,26)27/h4-12H,3H2,1-2H3,(H,20,25)(H,21,23). The minimum atomic E-state index is -3.40. The summed E-state index contributed by atoms with van der Waals surface area (Å²) in [5.41, 5.74) is 1.77. The molecular formula is C19H19N3O5S. The van der Waals surface area contributed by atoms with Crippen LogP contribution in [0.3, 0.4) is 0 Å². The van der Waals surface area contributed by atoms with Gasteiger partial charge in [0.1, 0.15) is 5.54 Å². The van der Waals surface area contributed by atoms with E-state index in [0.717, 1.165) is 6.26 Å². The van der Waals surface area contributed by atoms with E-state index >= 15 is 0 Å². The van der Waals surface area contributed by atoms with Crippen LogP contribution in [0.1, 0.15) is 29.3 Å². The number of carbonyl (C=O) groups is 3. The second-order valence-corrected chi connectivity index (χ2v) is 8.45. The molecule has 0 aliphatic carbocycles. The highest BCUT2D eigenvalue weighted by Crippen LogP contribution is 2.31. The number of nitrogens with one attached hydrogen (secondary N) is 2. The van der Waals surface area contributed by atoms with Gasteiger partial charge in [-0.1, -0.05) is 37.3 Å². The summed E-state index contributed by atoms with van der Waals surface area (Å²) in [4.78, 5) is 37.9. The van der Waals surface area contributed by atoms with E-state index in [-0.39, 0.29) is 10.5 Å². The molecule has 2 aromatic carbocycles. The molecule has 0 aromatic heterocycles. The Labute approximate surface area is 162 Å². The second kappa shape index (κ2) is 7.08. The molecule has 2 N–H and O–H groups in total. The molecule has 1 fully saturated rings. The maximum Gasteiger partial charge on any atom is 0.344 e. The van der Waals surface area contributed by atoms with Crippen molar-refractivity contribution in [2.24, 2.45) is 0 Å². The molecular weight excluding hydrogens is 382 g/mol. The van der Waals surface area contributed by atoms with Gasteiger partial charge < -0.3 is 5.32 Å². The van der Waals surface area contributed by atoms with Gasteiger partial charge >= 0.3 is 6.03 Å².